The quantitative estimate of drug-likeness (QED) is 0.596. The molecular weight excluding hydrogens is 176 g/mol. The van der Waals surface area contributed by atoms with Crippen LogP contribution in [0.3, 0.4) is 0 Å². The topological polar surface area (TPSA) is 29.5 Å². The second kappa shape index (κ2) is 4.33. The van der Waals surface area contributed by atoms with E-state index in [-0.39, 0.29) is 6.10 Å². The fraction of sp³-hybridized carbons (Fsp3) is 0.833. The molecule has 0 amide bonds. The van der Waals surface area contributed by atoms with Crippen LogP contribution in [0.2, 0.25) is 0 Å². The van der Waals surface area contributed by atoms with E-state index in [0.717, 1.165) is 45.1 Å². The summed E-state index contributed by atoms with van der Waals surface area (Å²) < 4.78 is 5.40. The van der Waals surface area contributed by atoms with Crippen molar-refractivity contribution in [3.05, 3.63) is 0 Å². The number of aliphatic hydroxyl groups is 1. The van der Waals surface area contributed by atoms with Gasteiger partial charge in [-0.3, -0.25) is 0 Å². The molecule has 1 N–H and O–H groups in total. The Kier molecular flexibility index (Phi) is 3.10. The Bertz CT molecular complexity index is 237. The molecule has 1 saturated carbocycles. The fourth-order valence-corrected chi connectivity index (χ4v) is 2.17. The Morgan fingerprint density at radius 2 is 1.93 bits per heavy atom. The summed E-state index contributed by atoms with van der Waals surface area (Å²) in [6.45, 7) is 0.831. The molecule has 1 saturated heterocycles. The van der Waals surface area contributed by atoms with Crippen molar-refractivity contribution in [3.8, 4) is 11.8 Å². The second-order valence-electron chi connectivity index (χ2n) is 4.36. The molecule has 0 radical (unpaired) electrons. The van der Waals surface area contributed by atoms with Crippen LogP contribution in [0.25, 0.3) is 0 Å². The Morgan fingerprint density at radius 3 is 2.57 bits per heavy atom. The molecule has 1 unspecified atom stereocenters. The van der Waals surface area contributed by atoms with Gasteiger partial charge in [0.25, 0.3) is 0 Å². The normalized spacial score (nSPS) is 30.8. The molecule has 0 aromatic carbocycles. The zero-order valence-electron chi connectivity index (χ0n) is 8.59. The van der Waals surface area contributed by atoms with Gasteiger partial charge in [-0.1, -0.05) is 18.3 Å². The summed E-state index contributed by atoms with van der Waals surface area (Å²) in [4.78, 5) is 0. The van der Waals surface area contributed by atoms with Crippen molar-refractivity contribution in [2.75, 3.05) is 6.61 Å². The Balaban J connectivity index is 1.92. The van der Waals surface area contributed by atoms with Crippen molar-refractivity contribution in [1.29, 1.82) is 0 Å². The van der Waals surface area contributed by atoms with Gasteiger partial charge in [0.2, 0.25) is 0 Å². The number of ether oxygens (including phenoxy) is 1. The van der Waals surface area contributed by atoms with Crippen molar-refractivity contribution < 1.29 is 9.84 Å². The molecule has 2 aliphatic rings. The minimum atomic E-state index is -0.704. The number of hydrogen-bond acceptors (Lipinski definition) is 2. The van der Waals surface area contributed by atoms with Gasteiger partial charge in [0.1, 0.15) is 11.7 Å². The van der Waals surface area contributed by atoms with Crippen LogP contribution >= 0.6 is 0 Å². The first-order valence-corrected chi connectivity index (χ1v) is 5.65. The molecule has 0 aromatic heterocycles. The summed E-state index contributed by atoms with van der Waals surface area (Å²) in [5.74, 6) is 6.09. The average molecular weight is 194 g/mol. The van der Waals surface area contributed by atoms with Crippen LogP contribution in [0.15, 0.2) is 0 Å². The zero-order chi connectivity index (χ0) is 9.86. The molecule has 2 fully saturated rings. The summed E-state index contributed by atoms with van der Waals surface area (Å²) in [5.41, 5.74) is -0.704. The molecule has 0 spiro atoms. The van der Waals surface area contributed by atoms with Gasteiger partial charge < -0.3 is 9.84 Å². The van der Waals surface area contributed by atoms with E-state index in [2.05, 4.69) is 11.8 Å². The molecule has 1 aliphatic heterocycles. The van der Waals surface area contributed by atoms with Gasteiger partial charge in [0.05, 0.1) is 0 Å². The minimum Gasteiger partial charge on any atom is -0.378 e. The maximum absolute atomic E-state index is 10.1. The molecule has 78 valence electrons. The van der Waals surface area contributed by atoms with Crippen LogP contribution in [0.1, 0.15) is 44.9 Å². The molecule has 14 heavy (non-hydrogen) atoms. The smallest absolute Gasteiger partial charge is 0.125 e. The third kappa shape index (κ3) is 2.50. The molecule has 0 bridgehead atoms. The molecule has 2 nitrogen and oxygen atoms in total. The lowest BCUT2D eigenvalue weighted by atomic mass is 9.85. The van der Waals surface area contributed by atoms with Crippen LogP contribution in [0.4, 0.5) is 0 Å². The minimum absolute atomic E-state index is 0.0842. The lowest BCUT2D eigenvalue weighted by molar-refractivity contribution is 0.0601. The Hall–Kier alpha value is -0.520. The highest BCUT2D eigenvalue weighted by Gasteiger charge is 2.27. The molecule has 1 aliphatic carbocycles. The summed E-state index contributed by atoms with van der Waals surface area (Å²) in [6.07, 6.45) is 7.36. The predicted octanol–water partition coefficient (Wildman–Crippen LogP) is 1.86. The van der Waals surface area contributed by atoms with Crippen LogP contribution < -0.4 is 0 Å². The molecule has 0 aromatic rings. The maximum Gasteiger partial charge on any atom is 0.125 e. The van der Waals surface area contributed by atoms with Gasteiger partial charge in [-0.2, -0.15) is 0 Å². The molecule has 1 atom stereocenters. The number of rotatable bonds is 0. The van der Waals surface area contributed by atoms with Gasteiger partial charge in [-0.05, 0) is 38.5 Å². The van der Waals surface area contributed by atoms with Crippen molar-refractivity contribution in [2.45, 2.75) is 56.7 Å². The summed E-state index contributed by atoms with van der Waals surface area (Å²) in [6, 6.07) is 0. The highest BCUT2D eigenvalue weighted by Crippen LogP contribution is 2.27. The SMILES string of the molecule is OC1(C#CC2CCCO2)CCCCC1. The maximum atomic E-state index is 10.1. The van der Waals surface area contributed by atoms with E-state index >= 15 is 0 Å². The molecule has 2 rings (SSSR count). The third-order valence-electron chi connectivity index (χ3n) is 3.08. The van der Waals surface area contributed by atoms with Crippen molar-refractivity contribution in [2.24, 2.45) is 0 Å². The predicted molar refractivity (Wildman–Crippen MR) is 54.8 cm³/mol. The van der Waals surface area contributed by atoms with Gasteiger partial charge >= 0.3 is 0 Å². The van der Waals surface area contributed by atoms with Crippen molar-refractivity contribution in [3.63, 3.8) is 0 Å². The first-order chi connectivity index (χ1) is 6.79. The van der Waals surface area contributed by atoms with Crippen molar-refractivity contribution in [1.82, 2.24) is 0 Å². The van der Waals surface area contributed by atoms with Gasteiger partial charge in [-0.15, -0.1) is 0 Å². The average Bonchev–Trinajstić information content (AvgIpc) is 2.69. The van der Waals surface area contributed by atoms with Crippen LogP contribution in [-0.2, 0) is 4.74 Å². The van der Waals surface area contributed by atoms with E-state index in [0.29, 0.717) is 0 Å². The van der Waals surface area contributed by atoms with Crippen LogP contribution in [-0.4, -0.2) is 23.4 Å². The Morgan fingerprint density at radius 1 is 1.14 bits per heavy atom. The van der Waals surface area contributed by atoms with Crippen LogP contribution in [0, 0.1) is 11.8 Å². The van der Waals surface area contributed by atoms with Gasteiger partial charge in [0, 0.05) is 6.61 Å². The molecule has 2 heteroatoms. The van der Waals surface area contributed by atoms with E-state index in [1.807, 2.05) is 0 Å². The number of hydrogen-bond donors (Lipinski definition) is 1. The first kappa shape index (κ1) is 10.0. The highest BCUT2D eigenvalue weighted by atomic mass is 16.5. The largest absolute Gasteiger partial charge is 0.378 e. The van der Waals surface area contributed by atoms with E-state index in [1.165, 1.54) is 6.42 Å². The van der Waals surface area contributed by atoms with Crippen molar-refractivity contribution >= 4 is 0 Å². The third-order valence-corrected chi connectivity index (χ3v) is 3.08. The lowest BCUT2D eigenvalue weighted by Crippen LogP contribution is -2.29. The zero-order valence-corrected chi connectivity index (χ0v) is 8.59. The summed E-state index contributed by atoms with van der Waals surface area (Å²) in [7, 11) is 0. The highest BCUT2D eigenvalue weighted by molar-refractivity contribution is 5.17. The standard InChI is InChI=1S/C12H18O2/c13-12(7-2-1-3-8-12)9-6-11-5-4-10-14-11/h11,13H,1-5,7-8,10H2. The van der Waals surface area contributed by atoms with E-state index in [1.54, 1.807) is 0 Å². The first-order valence-electron chi connectivity index (χ1n) is 5.65. The van der Waals surface area contributed by atoms with E-state index in [9.17, 15) is 5.11 Å². The fourth-order valence-electron chi connectivity index (χ4n) is 2.17. The van der Waals surface area contributed by atoms with E-state index in [4.69, 9.17) is 4.74 Å². The van der Waals surface area contributed by atoms with Gasteiger partial charge in [-0.25, -0.2) is 0 Å². The monoisotopic (exact) mass is 194 g/mol. The Labute approximate surface area is 85.6 Å². The van der Waals surface area contributed by atoms with Gasteiger partial charge in [0.15, 0.2) is 0 Å². The van der Waals surface area contributed by atoms with E-state index < -0.39 is 5.60 Å². The summed E-state index contributed by atoms with van der Waals surface area (Å²) >= 11 is 0. The lowest BCUT2D eigenvalue weighted by Gasteiger charge is -2.26. The summed E-state index contributed by atoms with van der Waals surface area (Å²) in [5, 5.41) is 10.1. The molecule has 1 heterocycles. The van der Waals surface area contributed by atoms with Crippen LogP contribution in [0.5, 0.6) is 0 Å². The second-order valence-corrected chi connectivity index (χ2v) is 4.36. The molecular formula is C12H18O2.